The van der Waals surface area contributed by atoms with Crippen molar-refractivity contribution in [1.29, 1.82) is 0 Å². The van der Waals surface area contributed by atoms with Crippen LogP contribution in [0.5, 0.6) is 0 Å². The summed E-state index contributed by atoms with van der Waals surface area (Å²) in [7, 11) is 0. The number of amides is 1. The van der Waals surface area contributed by atoms with Crippen LogP contribution in [0.15, 0.2) is 0 Å². The van der Waals surface area contributed by atoms with E-state index >= 15 is 0 Å². The monoisotopic (exact) mass is 298 g/mol. The fourth-order valence-electron chi connectivity index (χ4n) is 1.27. The molecule has 0 fully saturated rings. The van der Waals surface area contributed by atoms with E-state index in [0.717, 1.165) is 25.8 Å². The first kappa shape index (κ1) is 13.2. The molecule has 4 heteroatoms. The smallest absolute Gasteiger partial charge is 0.207 e. The van der Waals surface area contributed by atoms with Crippen LogP contribution in [-0.2, 0) is 4.79 Å². The van der Waals surface area contributed by atoms with E-state index < -0.39 is 0 Å². The Morgan fingerprint density at radius 3 is 2.54 bits per heavy atom. The lowest BCUT2D eigenvalue weighted by atomic mass is 10.0. The van der Waals surface area contributed by atoms with Gasteiger partial charge in [0.05, 0.1) is 0 Å². The molecule has 0 spiro atoms. The molecule has 0 aliphatic rings. The Morgan fingerprint density at radius 1 is 1.46 bits per heavy atom. The molecule has 0 heterocycles. The summed E-state index contributed by atoms with van der Waals surface area (Å²) in [4.78, 5) is 10.0. The molecule has 3 unspecified atom stereocenters. The van der Waals surface area contributed by atoms with Crippen LogP contribution in [0.1, 0.15) is 26.7 Å². The number of nitrogens with two attached hydrogens (primary N) is 1. The molecule has 1 amide bonds. The molecule has 0 aromatic rings. The van der Waals surface area contributed by atoms with Gasteiger partial charge in [0.1, 0.15) is 0 Å². The maximum atomic E-state index is 10.0. The van der Waals surface area contributed by atoms with Gasteiger partial charge in [-0.2, -0.15) is 0 Å². The summed E-state index contributed by atoms with van der Waals surface area (Å²) in [6.45, 7) is 4.94. The number of carbonyl (C=O) groups is 1. The van der Waals surface area contributed by atoms with E-state index in [9.17, 15) is 4.79 Å². The Balaban J connectivity index is 3.51. The molecule has 0 rings (SSSR count). The molecule has 0 radical (unpaired) electrons. The molecule has 78 valence electrons. The van der Waals surface area contributed by atoms with Crippen molar-refractivity contribution in [2.75, 3.05) is 6.54 Å². The maximum absolute atomic E-state index is 10.0. The minimum Gasteiger partial charge on any atom is -0.358 e. The van der Waals surface area contributed by atoms with Crippen LogP contribution in [0.2, 0.25) is 0 Å². The number of rotatable bonds is 7. The van der Waals surface area contributed by atoms with E-state index in [1.54, 1.807) is 0 Å². The molecule has 0 aliphatic heterocycles. The minimum atomic E-state index is 0.271. The number of hydrogen-bond donors (Lipinski definition) is 2. The van der Waals surface area contributed by atoms with Gasteiger partial charge in [-0.3, -0.25) is 4.79 Å². The second-order valence-electron chi connectivity index (χ2n) is 3.68. The Hall–Kier alpha value is 0.160. The molecule has 3 N–H and O–H groups in total. The standard InChI is InChI=1S/C9H19IN2O/c1-7(5-12-6-13)3-9(10)4-8(2)11/h6-9H,3-5,11H2,1-2H3,(H,12,13). The van der Waals surface area contributed by atoms with Gasteiger partial charge in [-0.15, -0.1) is 0 Å². The second kappa shape index (κ2) is 7.55. The first-order chi connectivity index (χ1) is 6.06. The number of nitrogens with one attached hydrogen (secondary N) is 1. The zero-order valence-corrected chi connectivity index (χ0v) is 10.5. The molecule has 13 heavy (non-hydrogen) atoms. The highest BCUT2D eigenvalue weighted by molar-refractivity contribution is 14.1. The minimum absolute atomic E-state index is 0.271. The Bertz CT molecular complexity index is 142. The molecular weight excluding hydrogens is 279 g/mol. The van der Waals surface area contributed by atoms with Crippen LogP contribution in [0.4, 0.5) is 0 Å². The molecule has 3 atom stereocenters. The normalized spacial score (nSPS) is 17.5. The molecule has 0 saturated carbocycles. The molecule has 3 nitrogen and oxygen atoms in total. The van der Waals surface area contributed by atoms with E-state index in [-0.39, 0.29) is 6.04 Å². The van der Waals surface area contributed by atoms with Crippen molar-refractivity contribution in [3.63, 3.8) is 0 Å². The van der Waals surface area contributed by atoms with Gasteiger partial charge in [-0.25, -0.2) is 0 Å². The van der Waals surface area contributed by atoms with Gasteiger partial charge in [0.25, 0.3) is 0 Å². The third-order valence-electron chi connectivity index (χ3n) is 1.84. The highest BCUT2D eigenvalue weighted by Gasteiger charge is 2.11. The van der Waals surface area contributed by atoms with Crippen molar-refractivity contribution >= 4 is 29.0 Å². The lowest BCUT2D eigenvalue weighted by Gasteiger charge is -2.16. The van der Waals surface area contributed by atoms with Crippen LogP contribution in [0, 0.1) is 5.92 Å². The van der Waals surface area contributed by atoms with E-state index in [0.29, 0.717) is 9.84 Å². The summed E-state index contributed by atoms with van der Waals surface area (Å²) in [6, 6.07) is 0.271. The molecular formula is C9H19IN2O. The lowest BCUT2D eigenvalue weighted by Crippen LogP contribution is -2.24. The van der Waals surface area contributed by atoms with Gasteiger partial charge in [0.2, 0.25) is 6.41 Å². The molecule has 0 aromatic heterocycles. The van der Waals surface area contributed by atoms with E-state index in [1.807, 2.05) is 6.92 Å². The number of halogens is 1. The maximum Gasteiger partial charge on any atom is 0.207 e. The van der Waals surface area contributed by atoms with Crippen molar-refractivity contribution in [2.24, 2.45) is 11.7 Å². The molecule has 0 aliphatic carbocycles. The predicted octanol–water partition coefficient (Wildman–Crippen LogP) is 1.30. The molecule has 0 bridgehead atoms. The quantitative estimate of drug-likeness (QED) is 0.423. The SMILES string of the molecule is CC(N)CC(I)CC(C)CNC=O. The fourth-order valence-corrected chi connectivity index (χ4v) is 2.94. The first-order valence-electron chi connectivity index (χ1n) is 4.63. The Morgan fingerprint density at radius 2 is 2.08 bits per heavy atom. The highest BCUT2D eigenvalue weighted by atomic mass is 127. The summed E-state index contributed by atoms with van der Waals surface area (Å²) >= 11 is 2.43. The van der Waals surface area contributed by atoms with Gasteiger partial charge >= 0.3 is 0 Å². The van der Waals surface area contributed by atoms with Crippen LogP contribution in [-0.4, -0.2) is 22.9 Å². The van der Waals surface area contributed by atoms with Crippen LogP contribution < -0.4 is 11.1 Å². The van der Waals surface area contributed by atoms with Crippen LogP contribution >= 0.6 is 22.6 Å². The van der Waals surface area contributed by atoms with Gasteiger partial charge in [-0.1, -0.05) is 29.5 Å². The summed E-state index contributed by atoms with van der Waals surface area (Å²) in [5.74, 6) is 0.533. The summed E-state index contributed by atoms with van der Waals surface area (Å²) in [5, 5.41) is 2.69. The van der Waals surface area contributed by atoms with Gasteiger partial charge in [-0.05, 0) is 25.7 Å². The zero-order valence-electron chi connectivity index (χ0n) is 8.29. The van der Waals surface area contributed by atoms with Crippen LogP contribution in [0.25, 0.3) is 0 Å². The summed E-state index contributed by atoms with van der Waals surface area (Å²) in [5.41, 5.74) is 5.69. The topological polar surface area (TPSA) is 55.1 Å². The average Bonchev–Trinajstić information content (AvgIpc) is 1.98. The van der Waals surface area contributed by atoms with E-state index in [4.69, 9.17) is 5.73 Å². The first-order valence-corrected chi connectivity index (χ1v) is 5.87. The fraction of sp³-hybridized carbons (Fsp3) is 0.889. The number of alkyl halides is 1. The Kier molecular flexibility index (Phi) is 7.65. The van der Waals surface area contributed by atoms with Gasteiger partial charge in [0, 0.05) is 16.5 Å². The average molecular weight is 298 g/mol. The number of carbonyl (C=O) groups excluding carboxylic acids is 1. The van der Waals surface area contributed by atoms with Crippen molar-refractivity contribution in [1.82, 2.24) is 5.32 Å². The summed E-state index contributed by atoms with van der Waals surface area (Å²) in [6.07, 6.45) is 2.92. The highest BCUT2D eigenvalue weighted by Crippen LogP contribution is 2.17. The third kappa shape index (κ3) is 8.49. The van der Waals surface area contributed by atoms with Crippen LogP contribution in [0.3, 0.4) is 0 Å². The number of hydrogen-bond acceptors (Lipinski definition) is 2. The largest absolute Gasteiger partial charge is 0.358 e. The van der Waals surface area contributed by atoms with Crippen molar-refractivity contribution in [2.45, 2.75) is 36.7 Å². The summed E-state index contributed by atoms with van der Waals surface area (Å²) < 4.78 is 0.612. The predicted molar refractivity (Wildman–Crippen MR) is 63.9 cm³/mol. The second-order valence-corrected chi connectivity index (χ2v) is 5.44. The molecule has 0 aromatic carbocycles. The Labute approximate surface area is 94.0 Å². The lowest BCUT2D eigenvalue weighted by molar-refractivity contribution is -0.109. The third-order valence-corrected chi connectivity index (χ3v) is 2.85. The molecule has 0 saturated heterocycles. The van der Waals surface area contributed by atoms with Crippen molar-refractivity contribution < 1.29 is 4.79 Å². The van der Waals surface area contributed by atoms with Crippen molar-refractivity contribution in [3.8, 4) is 0 Å². The van der Waals surface area contributed by atoms with Gasteiger partial charge in [0.15, 0.2) is 0 Å². The van der Waals surface area contributed by atoms with Crippen molar-refractivity contribution in [3.05, 3.63) is 0 Å². The zero-order chi connectivity index (χ0) is 10.3. The van der Waals surface area contributed by atoms with E-state index in [1.165, 1.54) is 0 Å². The van der Waals surface area contributed by atoms with Gasteiger partial charge < -0.3 is 11.1 Å². The van der Waals surface area contributed by atoms with E-state index in [2.05, 4.69) is 34.8 Å².